The smallest absolute Gasteiger partial charge is 0.237 e. The molecular formula is C13H14Cl2N2OS. The van der Waals surface area contributed by atoms with Crippen LogP contribution in [0.4, 0.5) is 5.69 Å². The van der Waals surface area contributed by atoms with E-state index in [1.807, 2.05) is 0 Å². The quantitative estimate of drug-likeness (QED) is 0.834. The highest BCUT2D eigenvalue weighted by Crippen LogP contribution is 2.39. The molecule has 0 atom stereocenters. The van der Waals surface area contributed by atoms with Crippen molar-refractivity contribution < 1.29 is 4.79 Å². The van der Waals surface area contributed by atoms with Gasteiger partial charge in [0.05, 0.1) is 10.4 Å². The Bertz CT molecular complexity index is 507. The van der Waals surface area contributed by atoms with Gasteiger partial charge in [0, 0.05) is 15.7 Å². The SMILES string of the molecule is NC(=S)C1(C(=O)Nc2cc(Cl)cc(Cl)c2)CCCC1. The molecule has 102 valence electrons. The lowest BCUT2D eigenvalue weighted by Crippen LogP contribution is -2.43. The normalized spacial score (nSPS) is 17.2. The number of carbonyl (C=O) groups is 1. The summed E-state index contributed by atoms with van der Waals surface area (Å²) in [7, 11) is 0. The number of hydrogen-bond acceptors (Lipinski definition) is 2. The van der Waals surface area contributed by atoms with E-state index in [4.69, 9.17) is 41.2 Å². The van der Waals surface area contributed by atoms with E-state index in [0.29, 0.717) is 28.6 Å². The number of amides is 1. The Labute approximate surface area is 127 Å². The molecule has 3 N–H and O–H groups in total. The molecule has 0 unspecified atom stereocenters. The number of carbonyl (C=O) groups excluding carboxylic acids is 1. The second kappa shape index (κ2) is 5.65. The summed E-state index contributed by atoms with van der Waals surface area (Å²) in [4.78, 5) is 12.7. The van der Waals surface area contributed by atoms with E-state index in [-0.39, 0.29) is 10.9 Å². The maximum absolute atomic E-state index is 12.4. The molecule has 1 aromatic carbocycles. The van der Waals surface area contributed by atoms with Crippen LogP contribution < -0.4 is 11.1 Å². The molecule has 1 aromatic rings. The predicted octanol–water partition coefficient (Wildman–Crippen LogP) is 3.78. The molecule has 2 rings (SSSR count). The van der Waals surface area contributed by atoms with Crippen LogP contribution in [-0.4, -0.2) is 10.9 Å². The number of hydrogen-bond donors (Lipinski definition) is 2. The Morgan fingerprint density at radius 3 is 2.21 bits per heavy atom. The predicted molar refractivity (Wildman–Crippen MR) is 82.8 cm³/mol. The van der Waals surface area contributed by atoms with Crippen LogP contribution in [0.1, 0.15) is 25.7 Å². The zero-order chi connectivity index (χ0) is 14.0. The van der Waals surface area contributed by atoms with Gasteiger partial charge < -0.3 is 11.1 Å². The standard InChI is InChI=1S/C13H14Cl2N2OS/c14-8-5-9(15)7-10(6-8)17-12(18)13(11(16)19)3-1-2-4-13/h5-7H,1-4H2,(H2,16,19)(H,17,18). The summed E-state index contributed by atoms with van der Waals surface area (Å²) in [5.41, 5.74) is 5.59. The fourth-order valence-corrected chi connectivity index (χ4v) is 3.26. The molecule has 3 nitrogen and oxygen atoms in total. The largest absolute Gasteiger partial charge is 0.392 e. The van der Waals surface area contributed by atoms with Crippen LogP contribution >= 0.6 is 35.4 Å². The fourth-order valence-electron chi connectivity index (χ4n) is 2.44. The first kappa shape index (κ1) is 14.6. The van der Waals surface area contributed by atoms with E-state index in [9.17, 15) is 4.79 Å². The summed E-state index contributed by atoms with van der Waals surface area (Å²) < 4.78 is 0. The Balaban J connectivity index is 2.22. The number of rotatable bonds is 3. The van der Waals surface area contributed by atoms with Gasteiger partial charge >= 0.3 is 0 Å². The van der Waals surface area contributed by atoms with E-state index in [0.717, 1.165) is 12.8 Å². The van der Waals surface area contributed by atoms with Gasteiger partial charge in [0.2, 0.25) is 5.91 Å². The number of halogens is 2. The average molecular weight is 317 g/mol. The minimum atomic E-state index is -0.732. The van der Waals surface area contributed by atoms with Crippen molar-refractivity contribution in [3.05, 3.63) is 28.2 Å². The summed E-state index contributed by atoms with van der Waals surface area (Å²) in [5, 5.41) is 3.75. The monoisotopic (exact) mass is 316 g/mol. The van der Waals surface area contributed by atoms with Crippen molar-refractivity contribution in [1.29, 1.82) is 0 Å². The van der Waals surface area contributed by atoms with E-state index < -0.39 is 5.41 Å². The second-order valence-electron chi connectivity index (χ2n) is 4.77. The highest BCUT2D eigenvalue weighted by atomic mass is 35.5. The molecule has 6 heteroatoms. The van der Waals surface area contributed by atoms with Gasteiger partial charge in [-0.25, -0.2) is 0 Å². The van der Waals surface area contributed by atoms with Gasteiger partial charge in [0.25, 0.3) is 0 Å². The van der Waals surface area contributed by atoms with Gasteiger partial charge in [-0.15, -0.1) is 0 Å². The maximum Gasteiger partial charge on any atom is 0.237 e. The van der Waals surface area contributed by atoms with Crippen molar-refractivity contribution in [2.45, 2.75) is 25.7 Å². The molecule has 1 amide bonds. The van der Waals surface area contributed by atoms with Gasteiger partial charge in [-0.05, 0) is 31.0 Å². The number of thiocarbonyl (C=S) groups is 1. The Hall–Kier alpha value is -0.840. The average Bonchev–Trinajstić information content (AvgIpc) is 2.77. The van der Waals surface area contributed by atoms with E-state index >= 15 is 0 Å². The van der Waals surface area contributed by atoms with Crippen LogP contribution in [0.5, 0.6) is 0 Å². The molecule has 1 saturated carbocycles. The van der Waals surface area contributed by atoms with Crippen LogP contribution in [0.2, 0.25) is 10.0 Å². The highest BCUT2D eigenvalue weighted by molar-refractivity contribution is 7.80. The van der Waals surface area contributed by atoms with Gasteiger partial charge in [-0.1, -0.05) is 48.3 Å². The van der Waals surface area contributed by atoms with Crippen molar-refractivity contribution in [3.63, 3.8) is 0 Å². The highest BCUT2D eigenvalue weighted by Gasteiger charge is 2.43. The van der Waals surface area contributed by atoms with E-state index in [1.54, 1.807) is 18.2 Å². The third-order valence-electron chi connectivity index (χ3n) is 3.48. The minimum absolute atomic E-state index is 0.171. The topological polar surface area (TPSA) is 55.1 Å². The summed E-state index contributed by atoms with van der Waals surface area (Å²) in [6.45, 7) is 0. The lowest BCUT2D eigenvalue weighted by atomic mass is 9.85. The molecule has 0 aromatic heterocycles. The Morgan fingerprint density at radius 2 is 1.74 bits per heavy atom. The van der Waals surface area contributed by atoms with Crippen LogP contribution in [0.25, 0.3) is 0 Å². The molecule has 0 spiro atoms. The van der Waals surface area contributed by atoms with Gasteiger partial charge in [0.1, 0.15) is 0 Å². The molecule has 0 heterocycles. The zero-order valence-electron chi connectivity index (χ0n) is 10.2. The fraction of sp³-hybridized carbons (Fsp3) is 0.385. The number of benzene rings is 1. The molecule has 1 aliphatic rings. The van der Waals surface area contributed by atoms with Crippen LogP contribution in [-0.2, 0) is 4.79 Å². The molecule has 1 fully saturated rings. The number of nitrogens with two attached hydrogens (primary N) is 1. The Kier molecular flexibility index (Phi) is 4.33. The van der Waals surface area contributed by atoms with E-state index in [2.05, 4.69) is 5.32 Å². The van der Waals surface area contributed by atoms with Crippen LogP contribution in [0, 0.1) is 5.41 Å². The molecule has 0 aliphatic heterocycles. The van der Waals surface area contributed by atoms with Crippen molar-refractivity contribution in [1.82, 2.24) is 0 Å². The summed E-state index contributed by atoms with van der Waals surface area (Å²) in [6.07, 6.45) is 3.31. The summed E-state index contributed by atoms with van der Waals surface area (Å²) in [6, 6.07) is 4.90. The molecule has 0 radical (unpaired) electrons. The minimum Gasteiger partial charge on any atom is -0.392 e. The first-order chi connectivity index (χ1) is 8.94. The zero-order valence-corrected chi connectivity index (χ0v) is 12.5. The number of nitrogens with one attached hydrogen (secondary N) is 1. The van der Waals surface area contributed by atoms with Gasteiger partial charge in [0.15, 0.2) is 0 Å². The summed E-state index contributed by atoms with van der Waals surface area (Å²) in [5.74, 6) is -0.171. The molecular weight excluding hydrogens is 303 g/mol. The lowest BCUT2D eigenvalue weighted by molar-refractivity contribution is -0.122. The van der Waals surface area contributed by atoms with E-state index in [1.165, 1.54) is 0 Å². The van der Waals surface area contributed by atoms with Crippen molar-refractivity contribution in [2.75, 3.05) is 5.32 Å². The van der Waals surface area contributed by atoms with Crippen molar-refractivity contribution >= 4 is 52.0 Å². The molecule has 19 heavy (non-hydrogen) atoms. The molecule has 1 aliphatic carbocycles. The van der Waals surface area contributed by atoms with Gasteiger partial charge in [-0.3, -0.25) is 4.79 Å². The first-order valence-electron chi connectivity index (χ1n) is 6.01. The first-order valence-corrected chi connectivity index (χ1v) is 7.18. The summed E-state index contributed by atoms with van der Waals surface area (Å²) >= 11 is 16.9. The van der Waals surface area contributed by atoms with Crippen LogP contribution in [0.3, 0.4) is 0 Å². The molecule has 0 bridgehead atoms. The number of anilines is 1. The van der Waals surface area contributed by atoms with Crippen molar-refractivity contribution in [2.24, 2.45) is 11.1 Å². The molecule has 0 saturated heterocycles. The van der Waals surface area contributed by atoms with Crippen LogP contribution in [0.15, 0.2) is 18.2 Å². The lowest BCUT2D eigenvalue weighted by Gasteiger charge is -2.26. The Morgan fingerprint density at radius 1 is 1.21 bits per heavy atom. The maximum atomic E-state index is 12.4. The third-order valence-corrected chi connectivity index (χ3v) is 4.31. The second-order valence-corrected chi connectivity index (χ2v) is 6.08. The third kappa shape index (κ3) is 3.02. The van der Waals surface area contributed by atoms with Gasteiger partial charge in [-0.2, -0.15) is 0 Å². The van der Waals surface area contributed by atoms with Crippen molar-refractivity contribution in [3.8, 4) is 0 Å².